The van der Waals surface area contributed by atoms with Gasteiger partial charge in [0, 0.05) is 11.3 Å². The quantitative estimate of drug-likeness (QED) is 0.431. The van der Waals surface area contributed by atoms with Crippen molar-refractivity contribution >= 4 is 34.1 Å². The minimum Gasteiger partial charge on any atom is -0.454 e. The maximum absolute atomic E-state index is 13.0. The minimum atomic E-state index is -0.738. The number of amides is 3. The highest BCUT2D eigenvalue weighted by atomic mass is 32.1. The van der Waals surface area contributed by atoms with E-state index in [-0.39, 0.29) is 18.6 Å². The first-order valence-electron chi connectivity index (χ1n) is 11.2. The molecular weight excluding hydrogens is 454 g/mol. The molecular formula is C24H27N5O4S. The van der Waals surface area contributed by atoms with E-state index in [2.05, 4.69) is 33.1 Å². The zero-order valence-electron chi connectivity index (χ0n) is 19.3. The van der Waals surface area contributed by atoms with Crippen LogP contribution in [0, 0.1) is 5.92 Å². The van der Waals surface area contributed by atoms with Gasteiger partial charge in [-0.3, -0.25) is 10.1 Å². The van der Waals surface area contributed by atoms with Crippen LogP contribution < -0.4 is 25.4 Å². The predicted octanol–water partition coefficient (Wildman–Crippen LogP) is 4.67. The van der Waals surface area contributed by atoms with Gasteiger partial charge in [-0.1, -0.05) is 50.7 Å². The molecule has 3 N–H and O–H groups in total. The van der Waals surface area contributed by atoms with E-state index in [1.165, 1.54) is 16.9 Å². The van der Waals surface area contributed by atoms with Crippen molar-refractivity contribution in [2.45, 2.75) is 39.7 Å². The number of fused-ring (bicyclic) bond motifs is 1. The number of aromatic nitrogens is 2. The second kappa shape index (κ2) is 10.5. The van der Waals surface area contributed by atoms with Gasteiger partial charge in [-0.05, 0) is 48.2 Å². The zero-order chi connectivity index (χ0) is 24.1. The Morgan fingerprint density at radius 1 is 1.03 bits per heavy atom. The summed E-state index contributed by atoms with van der Waals surface area (Å²) in [5.41, 5.74) is 2.66. The van der Waals surface area contributed by atoms with Gasteiger partial charge in [0.15, 0.2) is 11.5 Å². The van der Waals surface area contributed by atoms with Crippen LogP contribution in [0.1, 0.15) is 32.8 Å². The molecule has 0 aliphatic carbocycles. The molecule has 0 saturated carbocycles. The van der Waals surface area contributed by atoms with Crippen molar-refractivity contribution in [3.63, 3.8) is 0 Å². The number of carbonyl (C=O) groups is 2. The number of urea groups is 1. The lowest BCUT2D eigenvalue weighted by atomic mass is 9.98. The van der Waals surface area contributed by atoms with Crippen molar-refractivity contribution in [2.24, 2.45) is 5.92 Å². The van der Waals surface area contributed by atoms with Crippen molar-refractivity contribution in [1.29, 1.82) is 0 Å². The number of hydrogen-bond donors (Lipinski definition) is 3. The summed E-state index contributed by atoms with van der Waals surface area (Å²) in [7, 11) is 0. The minimum absolute atomic E-state index is 0.0885. The average molecular weight is 482 g/mol. The van der Waals surface area contributed by atoms with Gasteiger partial charge >= 0.3 is 6.03 Å². The molecule has 0 radical (unpaired) electrons. The second-order valence-electron chi connectivity index (χ2n) is 7.98. The topological polar surface area (TPSA) is 114 Å². The summed E-state index contributed by atoms with van der Waals surface area (Å²) in [5.74, 6) is 0.896. The van der Waals surface area contributed by atoms with Gasteiger partial charge < -0.3 is 20.1 Å². The molecule has 9 nitrogen and oxygen atoms in total. The Labute approximate surface area is 201 Å². The van der Waals surface area contributed by atoms with Gasteiger partial charge in [0.2, 0.25) is 17.8 Å². The molecule has 178 valence electrons. The highest BCUT2D eigenvalue weighted by Gasteiger charge is 2.27. The summed E-state index contributed by atoms with van der Waals surface area (Å²) in [4.78, 5) is 25.6. The lowest BCUT2D eigenvalue weighted by Gasteiger charge is -2.23. The third-order valence-corrected chi connectivity index (χ3v) is 6.56. The van der Waals surface area contributed by atoms with E-state index in [9.17, 15) is 9.59 Å². The number of aryl methyl sites for hydroxylation is 1. The lowest BCUT2D eigenvalue weighted by Crippen LogP contribution is -2.49. The molecule has 3 amide bonds. The zero-order valence-corrected chi connectivity index (χ0v) is 20.1. The molecule has 1 aromatic heterocycles. The van der Waals surface area contributed by atoms with Crippen LogP contribution in [-0.4, -0.2) is 35.0 Å². The summed E-state index contributed by atoms with van der Waals surface area (Å²) in [6.45, 7) is 6.15. The Morgan fingerprint density at radius 3 is 2.53 bits per heavy atom. The molecule has 2 aromatic carbocycles. The monoisotopic (exact) mass is 481 g/mol. The highest BCUT2D eigenvalue weighted by molar-refractivity contribution is 7.18. The molecule has 4 rings (SSSR count). The molecule has 1 aliphatic rings. The molecule has 0 saturated heterocycles. The summed E-state index contributed by atoms with van der Waals surface area (Å²) in [5, 5.41) is 17.6. The summed E-state index contributed by atoms with van der Waals surface area (Å²) < 4.78 is 10.7. The Hall–Kier alpha value is -3.66. The number of rotatable bonds is 8. The Kier molecular flexibility index (Phi) is 7.27. The van der Waals surface area contributed by atoms with Crippen molar-refractivity contribution in [3.8, 4) is 22.1 Å². The third kappa shape index (κ3) is 5.45. The molecule has 0 bridgehead atoms. The van der Waals surface area contributed by atoms with Crippen molar-refractivity contribution < 1.29 is 19.1 Å². The first-order valence-corrected chi connectivity index (χ1v) is 12.0. The summed E-state index contributed by atoms with van der Waals surface area (Å²) >= 11 is 1.24. The average Bonchev–Trinajstić information content (AvgIpc) is 3.51. The van der Waals surface area contributed by atoms with Gasteiger partial charge in [-0.2, -0.15) is 0 Å². The predicted molar refractivity (Wildman–Crippen MR) is 131 cm³/mol. The van der Waals surface area contributed by atoms with Crippen LogP contribution >= 0.6 is 11.3 Å². The molecule has 2 atom stereocenters. The van der Waals surface area contributed by atoms with Crippen LogP contribution in [0.5, 0.6) is 11.5 Å². The van der Waals surface area contributed by atoms with E-state index in [1.807, 2.05) is 56.3 Å². The molecule has 3 aromatic rings. The maximum atomic E-state index is 13.0. The molecule has 0 unspecified atom stereocenters. The van der Waals surface area contributed by atoms with Gasteiger partial charge in [0.1, 0.15) is 11.0 Å². The number of ether oxygens (including phenoxy) is 2. The number of anilines is 2. The molecule has 0 spiro atoms. The SMILES string of the molecule is CCc1ccc(NC(=O)N[C@@H](C(=O)Nc2nnc(-c3ccc4c(c3)OCO4)s2)[C@H](C)CC)cc1. The van der Waals surface area contributed by atoms with Gasteiger partial charge in [-0.25, -0.2) is 4.79 Å². The number of benzene rings is 2. The standard InChI is InChI=1S/C24H27N5O4S/c1-4-14(3)20(26-23(31)25-17-9-6-15(5-2)7-10-17)21(30)27-24-29-28-22(34-24)16-8-11-18-19(12-16)33-13-32-18/h6-12,14,20H,4-5,13H2,1-3H3,(H2,25,26,31)(H,27,29,30)/t14-,20-/m1/s1. The van der Waals surface area contributed by atoms with E-state index in [1.54, 1.807) is 0 Å². The van der Waals surface area contributed by atoms with Crippen LogP contribution in [0.2, 0.25) is 0 Å². The van der Waals surface area contributed by atoms with Crippen molar-refractivity contribution in [1.82, 2.24) is 15.5 Å². The smallest absolute Gasteiger partial charge is 0.319 e. The third-order valence-electron chi connectivity index (χ3n) is 5.68. The molecule has 34 heavy (non-hydrogen) atoms. The second-order valence-corrected chi connectivity index (χ2v) is 8.96. The van der Waals surface area contributed by atoms with Gasteiger partial charge in [-0.15, -0.1) is 10.2 Å². The van der Waals surface area contributed by atoms with Crippen LogP contribution in [0.4, 0.5) is 15.6 Å². The first kappa shape index (κ1) is 23.5. The van der Waals surface area contributed by atoms with E-state index in [0.717, 1.165) is 12.0 Å². The number of nitrogens with zero attached hydrogens (tertiary/aromatic N) is 2. The Balaban J connectivity index is 1.41. The fourth-order valence-corrected chi connectivity index (χ4v) is 4.18. The molecule has 1 aliphatic heterocycles. The Bertz CT molecular complexity index is 1160. The number of nitrogens with one attached hydrogen (secondary N) is 3. The van der Waals surface area contributed by atoms with Crippen molar-refractivity contribution in [3.05, 3.63) is 48.0 Å². The maximum Gasteiger partial charge on any atom is 0.319 e. The molecule has 10 heteroatoms. The molecule has 0 fully saturated rings. The van der Waals surface area contributed by atoms with Crippen LogP contribution in [-0.2, 0) is 11.2 Å². The van der Waals surface area contributed by atoms with Crippen molar-refractivity contribution in [2.75, 3.05) is 17.4 Å². The lowest BCUT2D eigenvalue weighted by molar-refractivity contribution is -0.119. The normalized spacial score (nSPS) is 13.7. The Morgan fingerprint density at radius 2 is 1.79 bits per heavy atom. The number of carbonyl (C=O) groups excluding carboxylic acids is 2. The highest BCUT2D eigenvalue weighted by Crippen LogP contribution is 2.37. The van der Waals surface area contributed by atoms with E-state index < -0.39 is 12.1 Å². The number of hydrogen-bond acceptors (Lipinski definition) is 7. The van der Waals surface area contributed by atoms with E-state index in [0.29, 0.717) is 33.7 Å². The largest absolute Gasteiger partial charge is 0.454 e. The van der Waals surface area contributed by atoms with E-state index >= 15 is 0 Å². The van der Waals surface area contributed by atoms with Gasteiger partial charge in [0.25, 0.3) is 0 Å². The summed E-state index contributed by atoms with van der Waals surface area (Å²) in [6, 6.07) is 11.9. The van der Waals surface area contributed by atoms with E-state index in [4.69, 9.17) is 9.47 Å². The van der Waals surface area contributed by atoms with Gasteiger partial charge in [0.05, 0.1) is 0 Å². The fourth-order valence-electron chi connectivity index (χ4n) is 3.44. The first-order chi connectivity index (χ1) is 16.5. The molecule has 2 heterocycles. The van der Waals surface area contributed by atoms with Crippen LogP contribution in [0.15, 0.2) is 42.5 Å². The fraction of sp³-hybridized carbons (Fsp3) is 0.333. The van der Waals surface area contributed by atoms with Crippen LogP contribution in [0.3, 0.4) is 0 Å². The van der Waals surface area contributed by atoms with Crippen LogP contribution in [0.25, 0.3) is 10.6 Å². The summed E-state index contributed by atoms with van der Waals surface area (Å²) in [6.07, 6.45) is 1.63.